The van der Waals surface area contributed by atoms with Crippen LogP contribution in [0.2, 0.25) is 0 Å². The summed E-state index contributed by atoms with van der Waals surface area (Å²) in [4.78, 5) is 0. The number of benzene rings is 1. The van der Waals surface area contributed by atoms with E-state index in [-0.39, 0.29) is 0 Å². The van der Waals surface area contributed by atoms with Crippen molar-refractivity contribution in [3.8, 4) is 0 Å². The van der Waals surface area contributed by atoms with Crippen LogP contribution in [0.25, 0.3) is 0 Å². The molecule has 1 N–H and O–H groups in total. The van der Waals surface area contributed by atoms with Gasteiger partial charge in [0.15, 0.2) is 0 Å². The normalized spacial score (nSPS) is 11.6. The summed E-state index contributed by atoms with van der Waals surface area (Å²) < 4.78 is 49.3. The molecule has 1 aromatic carbocycles. The molecule has 2 nitrogen and oxygen atoms in total. The van der Waals surface area contributed by atoms with Gasteiger partial charge in [-0.15, -0.1) is 0 Å². The van der Waals surface area contributed by atoms with Crippen LogP contribution in [0.5, 0.6) is 0 Å². The van der Waals surface area contributed by atoms with E-state index in [1.165, 1.54) is 0 Å². The first kappa shape index (κ1) is 10.8. The van der Waals surface area contributed by atoms with Crippen molar-refractivity contribution in [3.63, 3.8) is 0 Å². The van der Waals surface area contributed by atoms with E-state index in [1.54, 1.807) is 0 Å². The van der Waals surface area contributed by atoms with Crippen LogP contribution in [-0.2, 0) is 6.18 Å². The number of anilines is 1. The summed E-state index contributed by atoms with van der Waals surface area (Å²) in [6, 6.07) is 1.81. The fraction of sp³-hybridized carbons (Fsp3) is 0.250. The number of rotatable bonds is 1. The number of halogens is 4. The highest BCUT2D eigenvalue weighted by molar-refractivity contribution is 5.47. The number of hydrogen-bond donors (Lipinski definition) is 1. The van der Waals surface area contributed by atoms with E-state index >= 15 is 0 Å². The summed E-state index contributed by atoms with van der Waals surface area (Å²) >= 11 is 0. The Kier molecular flexibility index (Phi) is 2.66. The predicted octanol–water partition coefficient (Wildman–Crippen LogP) is 2.67. The Balaban J connectivity index is 3.20. The van der Waals surface area contributed by atoms with Crippen molar-refractivity contribution in [1.82, 2.24) is 0 Å². The topological polar surface area (TPSA) is 23.5 Å². The molecule has 0 spiro atoms. The Labute approximate surface area is 77.3 Å². The first-order valence-corrected chi connectivity index (χ1v) is 3.61. The van der Waals surface area contributed by atoms with Gasteiger partial charge in [-0.3, -0.25) is 10.3 Å². The maximum atomic E-state index is 12.8. The quantitative estimate of drug-likeness (QED) is 0.567. The van der Waals surface area contributed by atoms with E-state index in [9.17, 15) is 17.6 Å². The number of hydrogen-bond acceptors (Lipinski definition) is 2. The average molecular weight is 209 g/mol. The largest absolute Gasteiger partial charge is 0.416 e. The minimum Gasteiger partial charge on any atom is -0.289 e. The maximum Gasteiger partial charge on any atom is 0.416 e. The van der Waals surface area contributed by atoms with Crippen molar-refractivity contribution < 1.29 is 22.8 Å². The molecule has 0 aliphatic carbocycles. The smallest absolute Gasteiger partial charge is 0.289 e. The zero-order valence-corrected chi connectivity index (χ0v) is 7.14. The molecule has 1 rings (SSSR count). The lowest BCUT2D eigenvalue weighted by molar-refractivity contribution is -0.137. The van der Waals surface area contributed by atoms with Gasteiger partial charge in [0, 0.05) is 7.05 Å². The van der Waals surface area contributed by atoms with E-state index in [0.29, 0.717) is 23.3 Å². The molecule has 0 saturated heterocycles. The average Bonchev–Trinajstić information content (AvgIpc) is 2.02. The summed E-state index contributed by atoms with van der Waals surface area (Å²) in [6.45, 7) is 0. The molecule has 0 aliphatic heterocycles. The number of alkyl halides is 3. The van der Waals surface area contributed by atoms with Gasteiger partial charge in [-0.2, -0.15) is 13.2 Å². The third kappa shape index (κ3) is 2.14. The summed E-state index contributed by atoms with van der Waals surface area (Å²) in [5.41, 5.74) is -1.52. The fourth-order valence-electron chi connectivity index (χ4n) is 0.937. The molecule has 0 saturated carbocycles. The van der Waals surface area contributed by atoms with Gasteiger partial charge in [-0.25, -0.2) is 4.39 Å². The number of hydroxylamine groups is 1. The highest BCUT2D eigenvalue weighted by atomic mass is 19.4. The minimum absolute atomic E-state index is 0.296. The molecule has 0 amide bonds. The molecule has 0 heterocycles. The van der Waals surface area contributed by atoms with E-state index in [1.807, 2.05) is 0 Å². The molecule has 0 aliphatic rings. The second kappa shape index (κ2) is 3.45. The third-order valence-corrected chi connectivity index (χ3v) is 1.62. The number of nitrogens with zero attached hydrogens (tertiary/aromatic N) is 1. The molecule has 0 unspecified atom stereocenters. The molecule has 0 radical (unpaired) electrons. The van der Waals surface area contributed by atoms with Crippen molar-refractivity contribution in [3.05, 3.63) is 29.6 Å². The summed E-state index contributed by atoms with van der Waals surface area (Å²) in [5.74, 6) is -0.914. The van der Waals surface area contributed by atoms with Crippen molar-refractivity contribution >= 4 is 5.69 Å². The molecule has 14 heavy (non-hydrogen) atoms. The second-order valence-corrected chi connectivity index (χ2v) is 2.69. The molecule has 6 heteroatoms. The van der Waals surface area contributed by atoms with Crippen molar-refractivity contribution in [1.29, 1.82) is 0 Å². The van der Waals surface area contributed by atoms with Crippen LogP contribution in [0.15, 0.2) is 18.2 Å². The Morgan fingerprint density at radius 2 is 1.86 bits per heavy atom. The van der Waals surface area contributed by atoms with Crippen LogP contribution in [-0.4, -0.2) is 12.3 Å². The molecule has 0 atom stereocenters. The van der Waals surface area contributed by atoms with Gasteiger partial charge in [0.1, 0.15) is 5.82 Å². The summed E-state index contributed by atoms with van der Waals surface area (Å²) in [5, 5.41) is 9.12. The van der Waals surface area contributed by atoms with Gasteiger partial charge >= 0.3 is 6.18 Å². The molecule has 78 valence electrons. The van der Waals surface area contributed by atoms with Gasteiger partial charge in [0.05, 0.1) is 11.3 Å². The second-order valence-electron chi connectivity index (χ2n) is 2.69. The van der Waals surface area contributed by atoms with Gasteiger partial charge < -0.3 is 0 Å². The molecular formula is C8H7F4NO. The van der Waals surface area contributed by atoms with Crippen LogP contribution in [0, 0.1) is 5.82 Å². The van der Waals surface area contributed by atoms with Crippen LogP contribution in [0.4, 0.5) is 23.2 Å². The zero-order chi connectivity index (χ0) is 10.9. The first-order valence-electron chi connectivity index (χ1n) is 3.61. The summed E-state index contributed by atoms with van der Waals surface area (Å²) in [6.07, 6.45) is -4.54. The van der Waals surface area contributed by atoms with Crippen molar-refractivity contribution in [2.24, 2.45) is 0 Å². The molecular weight excluding hydrogens is 202 g/mol. The van der Waals surface area contributed by atoms with Gasteiger partial charge in [-0.05, 0) is 18.2 Å². The Bertz CT molecular complexity index is 335. The van der Waals surface area contributed by atoms with E-state index < -0.39 is 23.2 Å². The fourth-order valence-corrected chi connectivity index (χ4v) is 0.937. The highest BCUT2D eigenvalue weighted by Gasteiger charge is 2.31. The van der Waals surface area contributed by atoms with E-state index in [2.05, 4.69) is 0 Å². The van der Waals surface area contributed by atoms with Crippen molar-refractivity contribution in [2.75, 3.05) is 12.1 Å². The van der Waals surface area contributed by atoms with E-state index in [4.69, 9.17) is 5.21 Å². The van der Waals surface area contributed by atoms with Crippen LogP contribution in [0.1, 0.15) is 5.56 Å². The monoisotopic (exact) mass is 209 g/mol. The Morgan fingerprint density at radius 3 is 2.29 bits per heavy atom. The first-order chi connectivity index (χ1) is 6.32. The van der Waals surface area contributed by atoms with Crippen molar-refractivity contribution in [2.45, 2.75) is 6.18 Å². The Hall–Kier alpha value is -1.30. The molecule has 0 bridgehead atoms. The Morgan fingerprint density at radius 1 is 1.29 bits per heavy atom. The molecule has 1 aromatic rings. The molecule has 0 aromatic heterocycles. The predicted molar refractivity (Wildman–Crippen MR) is 41.6 cm³/mol. The van der Waals surface area contributed by atoms with Crippen LogP contribution < -0.4 is 5.06 Å². The highest BCUT2D eigenvalue weighted by Crippen LogP contribution is 2.32. The standard InChI is InChI=1S/C8H7F4NO/c1-13(14)7-4-5(8(10,11)12)2-3-6(7)9/h2-4,14H,1H3. The van der Waals surface area contributed by atoms with Crippen LogP contribution >= 0.6 is 0 Å². The van der Waals surface area contributed by atoms with Gasteiger partial charge in [-0.1, -0.05) is 0 Å². The lowest BCUT2D eigenvalue weighted by Gasteiger charge is -2.14. The SMILES string of the molecule is CN(O)c1cc(C(F)(F)F)ccc1F. The zero-order valence-electron chi connectivity index (χ0n) is 7.14. The van der Waals surface area contributed by atoms with E-state index in [0.717, 1.165) is 7.05 Å². The third-order valence-electron chi connectivity index (χ3n) is 1.62. The lowest BCUT2D eigenvalue weighted by atomic mass is 10.2. The molecule has 0 fully saturated rings. The van der Waals surface area contributed by atoms with Crippen LogP contribution in [0.3, 0.4) is 0 Å². The lowest BCUT2D eigenvalue weighted by Crippen LogP contribution is -2.14. The minimum atomic E-state index is -4.54. The maximum absolute atomic E-state index is 12.8. The van der Waals surface area contributed by atoms with Gasteiger partial charge in [0.25, 0.3) is 0 Å². The summed E-state index contributed by atoms with van der Waals surface area (Å²) in [7, 11) is 1.04. The van der Waals surface area contributed by atoms with Gasteiger partial charge in [0.2, 0.25) is 0 Å².